The van der Waals surface area contributed by atoms with E-state index in [2.05, 4.69) is 36.7 Å². The van der Waals surface area contributed by atoms with Crippen LogP contribution in [0, 0.1) is 6.92 Å². The SMILES string of the molecule is Cc1cc(CO)nc(N2CCN(c3ccnc(CCO)n3)C[C@@H]2C)n1. The van der Waals surface area contributed by atoms with Gasteiger partial charge < -0.3 is 20.0 Å². The molecule has 0 saturated carbocycles. The highest BCUT2D eigenvalue weighted by molar-refractivity contribution is 5.43. The molecule has 2 N–H and O–H groups in total. The van der Waals surface area contributed by atoms with Crippen molar-refractivity contribution in [1.82, 2.24) is 19.9 Å². The molecular weight excluding hydrogens is 320 g/mol. The fourth-order valence-electron chi connectivity index (χ4n) is 3.07. The van der Waals surface area contributed by atoms with E-state index in [4.69, 9.17) is 5.11 Å². The van der Waals surface area contributed by atoms with Gasteiger partial charge in [-0.1, -0.05) is 0 Å². The van der Waals surface area contributed by atoms with Crippen LogP contribution in [0.15, 0.2) is 18.3 Å². The van der Waals surface area contributed by atoms with Crippen LogP contribution in [0.2, 0.25) is 0 Å². The molecule has 1 atom stereocenters. The predicted octanol–water partition coefficient (Wildman–Crippen LogP) is 0.317. The summed E-state index contributed by atoms with van der Waals surface area (Å²) in [4.78, 5) is 22.1. The van der Waals surface area contributed by atoms with E-state index in [9.17, 15) is 5.11 Å². The topological polar surface area (TPSA) is 98.5 Å². The molecule has 3 heterocycles. The van der Waals surface area contributed by atoms with Crippen LogP contribution < -0.4 is 9.80 Å². The van der Waals surface area contributed by atoms with E-state index < -0.39 is 0 Å². The molecule has 3 rings (SSSR count). The van der Waals surface area contributed by atoms with Gasteiger partial charge in [-0.25, -0.2) is 19.9 Å². The van der Waals surface area contributed by atoms with Crippen LogP contribution in [0.25, 0.3) is 0 Å². The van der Waals surface area contributed by atoms with E-state index in [-0.39, 0.29) is 19.3 Å². The van der Waals surface area contributed by atoms with Crippen molar-refractivity contribution in [3.05, 3.63) is 35.5 Å². The quantitative estimate of drug-likeness (QED) is 0.800. The van der Waals surface area contributed by atoms with Crippen molar-refractivity contribution in [2.75, 3.05) is 36.0 Å². The summed E-state index contributed by atoms with van der Waals surface area (Å²) < 4.78 is 0. The number of hydrogen-bond donors (Lipinski definition) is 2. The predicted molar refractivity (Wildman–Crippen MR) is 94.5 cm³/mol. The second-order valence-corrected chi connectivity index (χ2v) is 6.25. The third kappa shape index (κ3) is 4.02. The number of hydrogen-bond acceptors (Lipinski definition) is 8. The Morgan fingerprint density at radius 3 is 2.76 bits per heavy atom. The maximum atomic E-state index is 9.36. The highest BCUT2D eigenvalue weighted by atomic mass is 16.3. The second-order valence-electron chi connectivity index (χ2n) is 6.25. The zero-order valence-electron chi connectivity index (χ0n) is 14.6. The molecule has 0 bridgehead atoms. The smallest absolute Gasteiger partial charge is 0.226 e. The van der Waals surface area contributed by atoms with Crippen molar-refractivity contribution in [3.8, 4) is 0 Å². The molecule has 0 spiro atoms. The van der Waals surface area contributed by atoms with Crippen LogP contribution in [0.5, 0.6) is 0 Å². The van der Waals surface area contributed by atoms with Gasteiger partial charge in [0.1, 0.15) is 11.6 Å². The van der Waals surface area contributed by atoms with Crippen molar-refractivity contribution in [2.24, 2.45) is 0 Å². The number of anilines is 2. The van der Waals surface area contributed by atoms with Crippen molar-refractivity contribution in [1.29, 1.82) is 0 Å². The van der Waals surface area contributed by atoms with Crippen LogP contribution in [-0.4, -0.2) is 62.4 Å². The van der Waals surface area contributed by atoms with Gasteiger partial charge in [0, 0.05) is 44.0 Å². The Labute approximate surface area is 147 Å². The number of aromatic nitrogens is 4. The van der Waals surface area contributed by atoms with Crippen LogP contribution in [-0.2, 0) is 13.0 Å². The highest BCUT2D eigenvalue weighted by Crippen LogP contribution is 2.21. The van der Waals surface area contributed by atoms with E-state index >= 15 is 0 Å². The lowest BCUT2D eigenvalue weighted by molar-refractivity contribution is 0.276. The Kier molecular flexibility index (Phi) is 5.40. The Hall–Kier alpha value is -2.32. The molecule has 2 aromatic heterocycles. The molecule has 134 valence electrons. The average Bonchev–Trinajstić information content (AvgIpc) is 2.61. The van der Waals surface area contributed by atoms with Crippen molar-refractivity contribution in [3.63, 3.8) is 0 Å². The zero-order valence-corrected chi connectivity index (χ0v) is 14.6. The van der Waals surface area contributed by atoms with Crippen LogP contribution in [0.4, 0.5) is 11.8 Å². The molecule has 1 aliphatic rings. The summed E-state index contributed by atoms with van der Waals surface area (Å²) in [5.74, 6) is 2.20. The van der Waals surface area contributed by atoms with Gasteiger partial charge in [-0.3, -0.25) is 0 Å². The summed E-state index contributed by atoms with van der Waals surface area (Å²) in [5.41, 5.74) is 1.50. The van der Waals surface area contributed by atoms with Gasteiger partial charge in [-0.2, -0.15) is 0 Å². The lowest BCUT2D eigenvalue weighted by Crippen LogP contribution is -2.53. The third-order valence-electron chi connectivity index (χ3n) is 4.29. The summed E-state index contributed by atoms with van der Waals surface area (Å²) in [6.45, 7) is 6.37. The molecule has 0 aliphatic carbocycles. The second kappa shape index (κ2) is 7.71. The van der Waals surface area contributed by atoms with E-state index in [1.54, 1.807) is 12.3 Å². The highest BCUT2D eigenvalue weighted by Gasteiger charge is 2.27. The van der Waals surface area contributed by atoms with E-state index in [1.807, 2.05) is 13.0 Å². The zero-order chi connectivity index (χ0) is 17.8. The third-order valence-corrected chi connectivity index (χ3v) is 4.29. The molecule has 0 radical (unpaired) electrons. The van der Waals surface area contributed by atoms with Crippen LogP contribution in [0.1, 0.15) is 24.1 Å². The minimum atomic E-state index is -0.0841. The Bertz CT molecular complexity index is 726. The molecule has 1 aliphatic heterocycles. The molecule has 1 fully saturated rings. The monoisotopic (exact) mass is 344 g/mol. The van der Waals surface area contributed by atoms with E-state index in [1.165, 1.54) is 0 Å². The first-order valence-electron chi connectivity index (χ1n) is 8.50. The maximum Gasteiger partial charge on any atom is 0.226 e. The number of rotatable bonds is 5. The largest absolute Gasteiger partial charge is 0.396 e. The fraction of sp³-hybridized carbons (Fsp3) is 0.529. The van der Waals surface area contributed by atoms with Gasteiger partial charge in [0.25, 0.3) is 0 Å². The summed E-state index contributed by atoms with van der Waals surface area (Å²) in [6, 6.07) is 3.91. The average molecular weight is 344 g/mol. The minimum absolute atomic E-state index is 0.0471. The first kappa shape index (κ1) is 17.5. The maximum absolute atomic E-state index is 9.36. The van der Waals surface area contributed by atoms with Crippen LogP contribution in [0.3, 0.4) is 0 Å². The molecule has 0 aromatic carbocycles. The summed E-state index contributed by atoms with van der Waals surface area (Å²) >= 11 is 0. The van der Waals surface area contributed by atoms with Crippen molar-refractivity contribution in [2.45, 2.75) is 32.9 Å². The number of aliphatic hydroxyl groups excluding tert-OH is 2. The van der Waals surface area contributed by atoms with Gasteiger partial charge in [-0.15, -0.1) is 0 Å². The molecule has 8 heteroatoms. The molecular formula is C17H24N6O2. The summed E-state index contributed by atoms with van der Waals surface area (Å²) in [7, 11) is 0. The Morgan fingerprint density at radius 2 is 2.04 bits per heavy atom. The Balaban J connectivity index is 1.74. The molecule has 0 amide bonds. The van der Waals surface area contributed by atoms with Gasteiger partial charge in [0.05, 0.1) is 18.9 Å². The fourth-order valence-corrected chi connectivity index (χ4v) is 3.07. The first-order chi connectivity index (χ1) is 12.1. The molecule has 8 nitrogen and oxygen atoms in total. The van der Waals surface area contributed by atoms with Gasteiger partial charge >= 0.3 is 0 Å². The minimum Gasteiger partial charge on any atom is -0.396 e. The summed E-state index contributed by atoms with van der Waals surface area (Å²) in [6.07, 6.45) is 2.20. The van der Waals surface area contributed by atoms with Crippen molar-refractivity contribution < 1.29 is 10.2 Å². The molecule has 0 unspecified atom stereocenters. The Morgan fingerprint density at radius 1 is 1.20 bits per heavy atom. The lowest BCUT2D eigenvalue weighted by Gasteiger charge is -2.40. The van der Waals surface area contributed by atoms with Gasteiger partial charge in [0.15, 0.2) is 0 Å². The standard InChI is InChI=1S/C17H24N6O2/c1-12-9-14(11-25)20-17(19-12)23-7-6-22(10-13(23)2)16-3-5-18-15(21-16)4-8-24/h3,5,9,13,24-25H,4,6-8,10-11H2,1-2H3/t13-/m0/s1. The number of aryl methyl sites for hydroxylation is 1. The normalized spacial score (nSPS) is 17.8. The number of aliphatic hydroxyl groups is 2. The lowest BCUT2D eigenvalue weighted by atomic mass is 10.2. The summed E-state index contributed by atoms with van der Waals surface area (Å²) in [5, 5.41) is 18.4. The molecule has 25 heavy (non-hydrogen) atoms. The van der Waals surface area contributed by atoms with E-state index in [0.29, 0.717) is 23.9 Å². The van der Waals surface area contributed by atoms with Gasteiger partial charge in [-0.05, 0) is 26.0 Å². The van der Waals surface area contributed by atoms with Crippen molar-refractivity contribution >= 4 is 11.8 Å². The molecule has 2 aromatic rings. The molecule has 1 saturated heterocycles. The number of piperazine rings is 1. The van der Waals surface area contributed by atoms with Gasteiger partial charge in [0.2, 0.25) is 5.95 Å². The number of nitrogens with zero attached hydrogens (tertiary/aromatic N) is 6. The van der Waals surface area contributed by atoms with E-state index in [0.717, 1.165) is 31.1 Å². The first-order valence-corrected chi connectivity index (χ1v) is 8.50. The van der Waals surface area contributed by atoms with Crippen LogP contribution >= 0.6 is 0 Å².